The van der Waals surface area contributed by atoms with Crippen molar-refractivity contribution in [3.8, 4) is 5.75 Å². The number of hydrogen-bond donors (Lipinski definition) is 2. The van der Waals surface area contributed by atoms with Crippen LogP contribution < -0.4 is 5.32 Å². The molecular formula is C12H16ClNO2. The molecule has 2 N–H and O–H groups in total. The Labute approximate surface area is 100 Å². The number of hydrogen-bond acceptors (Lipinski definition) is 3. The Balaban J connectivity index is 1.83. The van der Waals surface area contributed by atoms with Crippen molar-refractivity contribution in [1.82, 2.24) is 5.32 Å². The standard InChI is InChI=1S/C12H16ClNO2/c1-12(7-16-8-12)6-14-5-9-2-3-11(15)10(13)4-9/h2-4,14-15H,5-8H2,1H3. The van der Waals surface area contributed by atoms with E-state index in [0.717, 1.165) is 31.9 Å². The molecule has 16 heavy (non-hydrogen) atoms. The minimum Gasteiger partial charge on any atom is -0.506 e. The lowest BCUT2D eigenvalue weighted by atomic mass is 9.89. The Bertz CT molecular complexity index is 377. The van der Waals surface area contributed by atoms with Gasteiger partial charge < -0.3 is 15.2 Å². The number of aromatic hydroxyl groups is 1. The van der Waals surface area contributed by atoms with Gasteiger partial charge in [0.05, 0.1) is 18.2 Å². The number of phenols is 1. The van der Waals surface area contributed by atoms with Crippen LogP contribution in [0.3, 0.4) is 0 Å². The lowest BCUT2D eigenvalue weighted by Crippen LogP contribution is -2.47. The highest BCUT2D eigenvalue weighted by atomic mass is 35.5. The zero-order valence-electron chi connectivity index (χ0n) is 9.29. The Hall–Kier alpha value is -0.770. The molecule has 1 aromatic carbocycles. The molecule has 0 amide bonds. The molecular weight excluding hydrogens is 226 g/mol. The van der Waals surface area contributed by atoms with E-state index in [-0.39, 0.29) is 11.2 Å². The van der Waals surface area contributed by atoms with Crippen LogP contribution in [0.4, 0.5) is 0 Å². The average Bonchev–Trinajstić information content (AvgIpc) is 2.21. The minimum absolute atomic E-state index is 0.129. The fourth-order valence-electron chi connectivity index (χ4n) is 1.72. The van der Waals surface area contributed by atoms with Crippen LogP contribution in [0.25, 0.3) is 0 Å². The first kappa shape index (κ1) is 11.7. The second-order valence-corrected chi connectivity index (χ2v) is 5.10. The van der Waals surface area contributed by atoms with Gasteiger partial charge in [-0.05, 0) is 17.7 Å². The van der Waals surface area contributed by atoms with Crippen LogP contribution in [-0.4, -0.2) is 24.9 Å². The molecule has 0 spiro atoms. The fourth-order valence-corrected chi connectivity index (χ4v) is 1.92. The third-order valence-electron chi connectivity index (χ3n) is 2.79. The minimum atomic E-state index is 0.129. The number of rotatable bonds is 4. The molecule has 2 rings (SSSR count). The first-order chi connectivity index (χ1) is 7.59. The molecule has 1 saturated heterocycles. The number of nitrogens with one attached hydrogen (secondary N) is 1. The monoisotopic (exact) mass is 241 g/mol. The van der Waals surface area contributed by atoms with Crippen molar-refractivity contribution in [2.75, 3.05) is 19.8 Å². The number of phenolic OH excluding ortho intramolecular Hbond substituents is 1. The van der Waals surface area contributed by atoms with E-state index < -0.39 is 0 Å². The van der Waals surface area contributed by atoms with Gasteiger partial charge in [-0.2, -0.15) is 0 Å². The van der Waals surface area contributed by atoms with Crippen molar-refractivity contribution in [3.05, 3.63) is 28.8 Å². The van der Waals surface area contributed by atoms with Gasteiger partial charge in [0.2, 0.25) is 0 Å². The maximum atomic E-state index is 9.28. The summed E-state index contributed by atoms with van der Waals surface area (Å²) in [7, 11) is 0. The maximum absolute atomic E-state index is 9.28. The van der Waals surface area contributed by atoms with E-state index in [1.807, 2.05) is 6.07 Å². The maximum Gasteiger partial charge on any atom is 0.134 e. The molecule has 3 nitrogen and oxygen atoms in total. The SMILES string of the molecule is CC1(CNCc2ccc(O)c(Cl)c2)COC1. The zero-order valence-corrected chi connectivity index (χ0v) is 10.0. The highest BCUT2D eigenvalue weighted by molar-refractivity contribution is 6.32. The Morgan fingerprint density at radius 3 is 2.81 bits per heavy atom. The highest BCUT2D eigenvalue weighted by Crippen LogP contribution is 2.26. The number of ether oxygens (including phenoxy) is 1. The van der Waals surface area contributed by atoms with Crippen LogP contribution in [0.15, 0.2) is 18.2 Å². The summed E-state index contributed by atoms with van der Waals surface area (Å²) in [6, 6.07) is 5.27. The van der Waals surface area contributed by atoms with Gasteiger partial charge in [0.25, 0.3) is 0 Å². The molecule has 1 heterocycles. The quantitative estimate of drug-likeness (QED) is 0.849. The smallest absolute Gasteiger partial charge is 0.134 e. The van der Waals surface area contributed by atoms with Gasteiger partial charge in [-0.1, -0.05) is 24.6 Å². The molecule has 1 aliphatic rings. The lowest BCUT2D eigenvalue weighted by Gasteiger charge is -2.38. The predicted octanol–water partition coefficient (Wildman–Crippen LogP) is 2.17. The second-order valence-electron chi connectivity index (χ2n) is 4.69. The van der Waals surface area contributed by atoms with E-state index in [2.05, 4.69) is 12.2 Å². The highest BCUT2D eigenvalue weighted by Gasteiger charge is 2.32. The van der Waals surface area contributed by atoms with Crippen LogP contribution in [0.2, 0.25) is 5.02 Å². The zero-order chi connectivity index (χ0) is 11.6. The third-order valence-corrected chi connectivity index (χ3v) is 3.10. The Morgan fingerprint density at radius 2 is 2.25 bits per heavy atom. The molecule has 0 aromatic heterocycles. The van der Waals surface area contributed by atoms with E-state index in [1.54, 1.807) is 12.1 Å². The van der Waals surface area contributed by atoms with Gasteiger partial charge in [-0.25, -0.2) is 0 Å². The van der Waals surface area contributed by atoms with Crippen molar-refractivity contribution in [2.45, 2.75) is 13.5 Å². The Kier molecular flexibility index (Phi) is 3.38. The summed E-state index contributed by atoms with van der Waals surface area (Å²) in [5.41, 5.74) is 1.35. The average molecular weight is 242 g/mol. The molecule has 1 aromatic rings. The van der Waals surface area contributed by atoms with E-state index in [1.165, 1.54) is 0 Å². The molecule has 0 bridgehead atoms. The Morgan fingerprint density at radius 1 is 1.50 bits per heavy atom. The van der Waals surface area contributed by atoms with E-state index in [0.29, 0.717) is 5.02 Å². The largest absolute Gasteiger partial charge is 0.506 e. The van der Waals surface area contributed by atoms with Gasteiger partial charge in [0, 0.05) is 18.5 Å². The van der Waals surface area contributed by atoms with Crippen LogP contribution >= 0.6 is 11.6 Å². The summed E-state index contributed by atoms with van der Waals surface area (Å²) in [6.07, 6.45) is 0. The second kappa shape index (κ2) is 4.62. The number of halogens is 1. The van der Waals surface area contributed by atoms with Gasteiger partial charge in [-0.15, -0.1) is 0 Å². The van der Waals surface area contributed by atoms with Crippen molar-refractivity contribution in [2.24, 2.45) is 5.41 Å². The number of benzene rings is 1. The summed E-state index contributed by atoms with van der Waals surface area (Å²) in [4.78, 5) is 0. The normalized spacial score (nSPS) is 18.1. The van der Waals surface area contributed by atoms with Crippen molar-refractivity contribution in [1.29, 1.82) is 0 Å². The molecule has 1 aliphatic heterocycles. The molecule has 0 saturated carbocycles. The molecule has 88 valence electrons. The van der Waals surface area contributed by atoms with Crippen LogP contribution in [0, 0.1) is 5.41 Å². The lowest BCUT2D eigenvalue weighted by molar-refractivity contribution is -0.0991. The van der Waals surface area contributed by atoms with E-state index >= 15 is 0 Å². The van der Waals surface area contributed by atoms with Gasteiger partial charge >= 0.3 is 0 Å². The fraction of sp³-hybridized carbons (Fsp3) is 0.500. The molecule has 0 unspecified atom stereocenters. The van der Waals surface area contributed by atoms with Crippen molar-refractivity contribution >= 4 is 11.6 Å². The summed E-state index contributed by atoms with van der Waals surface area (Å²) < 4.78 is 5.18. The topological polar surface area (TPSA) is 41.5 Å². The predicted molar refractivity (Wildman–Crippen MR) is 63.7 cm³/mol. The van der Waals surface area contributed by atoms with E-state index in [4.69, 9.17) is 16.3 Å². The summed E-state index contributed by atoms with van der Waals surface area (Å²) in [6.45, 7) is 5.56. The summed E-state index contributed by atoms with van der Waals surface area (Å²) in [5, 5.41) is 13.0. The molecule has 0 radical (unpaired) electrons. The van der Waals surface area contributed by atoms with E-state index in [9.17, 15) is 5.11 Å². The summed E-state index contributed by atoms with van der Waals surface area (Å²) >= 11 is 5.82. The third kappa shape index (κ3) is 2.67. The molecule has 0 atom stereocenters. The van der Waals surface area contributed by atoms with Gasteiger partial charge in [-0.3, -0.25) is 0 Å². The van der Waals surface area contributed by atoms with Gasteiger partial charge in [0.15, 0.2) is 0 Å². The van der Waals surface area contributed by atoms with Crippen LogP contribution in [0.1, 0.15) is 12.5 Å². The molecule has 1 fully saturated rings. The molecule has 4 heteroatoms. The van der Waals surface area contributed by atoms with Gasteiger partial charge in [0.1, 0.15) is 5.75 Å². The van der Waals surface area contributed by atoms with Crippen molar-refractivity contribution < 1.29 is 9.84 Å². The summed E-state index contributed by atoms with van der Waals surface area (Å²) in [5.74, 6) is 0.129. The molecule has 0 aliphatic carbocycles. The van der Waals surface area contributed by atoms with Crippen LogP contribution in [0.5, 0.6) is 5.75 Å². The van der Waals surface area contributed by atoms with Crippen LogP contribution in [-0.2, 0) is 11.3 Å². The first-order valence-corrected chi connectivity index (χ1v) is 5.73. The van der Waals surface area contributed by atoms with Crippen molar-refractivity contribution in [3.63, 3.8) is 0 Å². The first-order valence-electron chi connectivity index (χ1n) is 5.35.